The van der Waals surface area contributed by atoms with E-state index in [-0.39, 0.29) is 12.1 Å². The average molecular weight is 316 g/mol. The van der Waals surface area contributed by atoms with Crippen molar-refractivity contribution < 1.29 is 9.21 Å². The van der Waals surface area contributed by atoms with Crippen LogP contribution in [0.1, 0.15) is 43.2 Å². The summed E-state index contributed by atoms with van der Waals surface area (Å²) in [6, 6.07) is 3.89. The predicted octanol–water partition coefficient (Wildman–Crippen LogP) is 3.00. The van der Waals surface area contributed by atoms with E-state index in [0.29, 0.717) is 12.5 Å². The quantitative estimate of drug-likeness (QED) is 0.947. The number of aromatic nitrogens is 2. The average Bonchev–Trinajstić information content (AvgIpc) is 3.13. The van der Waals surface area contributed by atoms with Gasteiger partial charge in [-0.2, -0.15) is 0 Å². The maximum absolute atomic E-state index is 12.6. The van der Waals surface area contributed by atoms with Crippen LogP contribution in [-0.2, 0) is 13.6 Å². The Morgan fingerprint density at radius 3 is 2.96 bits per heavy atom. The molecule has 2 unspecified atom stereocenters. The lowest BCUT2D eigenvalue weighted by atomic mass is 9.91. The van der Waals surface area contributed by atoms with Crippen LogP contribution in [0.2, 0.25) is 0 Å². The van der Waals surface area contributed by atoms with Crippen LogP contribution in [0.25, 0.3) is 0 Å². The highest BCUT2D eigenvalue weighted by Crippen LogP contribution is 2.34. The highest BCUT2D eigenvalue weighted by Gasteiger charge is 2.32. The molecular weight excluding hydrogens is 292 g/mol. The molecule has 0 radical (unpaired) electrons. The summed E-state index contributed by atoms with van der Waals surface area (Å²) in [7, 11) is 1.92. The summed E-state index contributed by atoms with van der Waals surface area (Å²) in [5.74, 6) is 3.19. The Labute approximate surface area is 136 Å². The van der Waals surface area contributed by atoms with Crippen molar-refractivity contribution in [2.45, 2.75) is 39.3 Å². The number of carbonyl (C=O) groups is 1. The van der Waals surface area contributed by atoms with E-state index in [4.69, 9.17) is 4.42 Å². The molecule has 3 heterocycles. The largest absolute Gasteiger partial charge is 0.464 e. The van der Waals surface area contributed by atoms with Gasteiger partial charge >= 0.3 is 6.03 Å². The minimum Gasteiger partial charge on any atom is -0.464 e. The topological polar surface area (TPSA) is 63.3 Å². The van der Waals surface area contributed by atoms with Gasteiger partial charge in [-0.1, -0.05) is 6.92 Å². The number of furan rings is 1. The molecule has 1 N–H and O–H groups in total. The fourth-order valence-electron chi connectivity index (χ4n) is 3.11. The summed E-state index contributed by atoms with van der Waals surface area (Å²) in [4.78, 5) is 18.8. The van der Waals surface area contributed by atoms with Crippen molar-refractivity contribution in [2.75, 3.05) is 6.54 Å². The molecule has 0 bridgehead atoms. The molecule has 2 aromatic rings. The van der Waals surface area contributed by atoms with Crippen LogP contribution in [0.3, 0.4) is 0 Å². The fraction of sp³-hybridized carbons (Fsp3) is 0.529. The molecule has 1 fully saturated rings. The first-order valence-electron chi connectivity index (χ1n) is 8.11. The van der Waals surface area contributed by atoms with Crippen LogP contribution >= 0.6 is 0 Å². The Kier molecular flexibility index (Phi) is 4.41. The Morgan fingerprint density at radius 1 is 1.48 bits per heavy atom. The van der Waals surface area contributed by atoms with Crippen molar-refractivity contribution in [1.29, 1.82) is 0 Å². The molecule has 6 nitrogen and oxygen atoms in total. The number of hydrogen-bond acceptors (Lipinski definition) is 3. The van der Waals surface area contributed by atoms with Crippen molar-refractivity contribution >= 4 is 6.03 Å². The van der Waals surface area contributed by atoms with Crippen LogP contribution in [0.15, 0.2) is 28.9 Å². The lowest BCUT2D eigenvalue weighted by Crippen LogP contribution is -2.45. The van der Waals surface area contributed by atoms with E-state index in [1.165, 1.54) is 0 Å². The summed E-state index contributed by atoms with van der Waals surface area (Å²) in [5.41, 5.74) is 0. The molecule has 2 aromatic heterocycles. The van der Waals surface area contributed by atoms with Gasteiger partial charge in [0.1, 0.15) is 17.3 Å². The number of urea groups is 1. The zero-order valence-electron chi connectivity index (χ0n) is 14.0. The van der Waals surface area contributed by atoms with Crippen LogP contribution in [0.4, 0.5) is 4.79 Å². The van der Waals surface area contributed by atoms with Crippen LogP contribution in [-0.4, -0.2) is 27.0 Å². The first-order valence-corrected chi connectivity index (χ1v) is 8.11. The van der Waals surface area contributed by atoms with Crippen LogP contribution in [0.5, 0.6) is 0 Å². The SMILES string of the molecule is Cc1ccc(C2CC(C)CCN2C(=O)NCc2nccn2C)o1. The molecule has 2 atom stereocenters. The van der Waals surface area contributed by atoms with E-state index < -0.39 is 0 Å². The van der Waals surface area contributed by atoms with E-state index in [1.807, 2.05) is 41.8 Å². The molecule has 6 heteroatoms. The fourth-order valence-corrected chi connectivity index (χ4v) is 3.11. The number of nitrogens with one attached hydrogen (secondary N) is 1. The Morgan fingerprint density at radius 2 is 2.30 bits per heavy atom. The van der Waals surface area contributed by atoms with Gasteiger partial charge in [-0.15, -0.1) is 0 Å². The highest BCUT2D eigenvalue weighted by atomic mass is 16.3. The zero-order valence-corrected chi connectivity index (χ0v) is 14.0. The molecule has 23 heavy (non-hydrogen) atoms. The van der Waals surface area contributed by atoms with Gasteiger partial charge in [-0.3, -0.25) is 0 Å². The second-order valence-electron chi connectivity index (χ2n) is 6.40. The van der Waals surface area contributed by atoms with Gasteiger partial charge < -0.3 is 19.2 Å². The van der Waals surface area contributed by atoms with Gasteiger partial charge in [-0.05, 0) is 37.8 Å². The van der Waals surface area contributed by atoms with Crippen molar-refractivity contribution in [2.24, 2.45) is 13.0 Å². The van der Waals surface area contributed by atoms with Gasteiger partial charge in [0.15, 0.2) is 0 Å². The number of carbonyl (C=O) groups excluding carboxylic acids is 1. The third kappa shape index (κ3) is 3.41. The first-order chi connectivity index (χ1) is 11.0. The van der Waals surface area contributed by atoms with Gasteiger partial charge in [0, 0.05) is 26.0 Å². The van der Waals surface area contributed by atoms with E-state index in [0.717, 1.165) is 36.7 Å². The molecule has 0 spiro atoms. The molecule has 1 saturated heterocycles. The van der Waals surface area contributed by atoms with Crippen LogP contribution < -0.4 is 5.32 Å². The third-order valence-electron chi connectivity index (χ3n) is 4.53. The molecule has 1 aliphatic rings. The molecule has 3 rings (SSSR count). The number of nitrogens with zero attached hydrogens (tertiary/aromatic N) is 3. The molecule has 2 amide bonds. The van der Waals surface area contributed by atoms with Gasteiger partial charge in [0.2, 0.25) is 0 Å². The minimum atomic E-state index is -0.0565. The van der Waals surface area contributed by atoms with Gasteiger partial charge in [0.05, 0.1) is 12.6 Å². The van der Waals surface area contributed by atoms with E-state index in [1.54, 1.807) is 6.20 Å². The third-order valence-corrected chi connectivity index (χ3v) is 4.53. The number of likely N-dealkylation sites (tertiary alicyclic amines) is 1. The molecule has 0 saturated carbocycles. The summed E-state index contributed by atoms with van der Waals surface area (Å²) >= 11 is 0. The monoisotopic (exact) mass is 316 g/mol. The Balaban J connectivity index is 1.70. The summed E-state index contributed by atoms with van der Waals surface area (Å²) < 4.78 is 7.69. The molecule has 0 aliphatic carbocycles. The van der Waals surface area contributed by atoms with Gasteiger partial charge in [-0.25, -0.2) is 9.78 Å². The van der Waals surface area contributed by atoms with Crippen molar-refractivity contribution in [1.82, 2.24) is 19.8 Å². The standard InChI is InChI=1S/C17H24N4O2/c1-12-6-8-21(14(10-12)15-5-4-13(2)23-15)17(22)19-11-16-18-7-9-20(16)3/h4-5,7,9,12,14H,6,8,10-11H2,1-3H3,(H,19,22). The van der Waals surface area contributed by atoms with Crippen LogP contribution in [0, 0.1) is 12.8 Å². The number of rotatable bonds is 3. The number of hydrogen-bond donors (Lipinski definition) is 1. The van der Waals surface area contributed by atoms with Crippen molar-refractivity contribution in [3.05, 3.63) is 41.9 Å². The minimum absolute atomic E-state index is 0.00817. The zero-order chi connectivity index (χ0) is 16.4. The number of piperidine rings is 1. The maximum atomic E-state index is 12.6. The number of aryl methyl sites for hydroxylation is 2. The highest BCUT2D eigenvalue weighted by molar-refractivity contribution is 5.74. The maximum Gasteiger partial charge on any atom is 0.318 e. The second kappa shape index (κ2) is 6.48. The number of amides is 2. The van der Waals surface area contributed by atoms with Gasteiger partial charge in [0.25, 0.3) is 0 Å². The molecule has 1 aliphatic heterocycles. The lowest BCUT2D eigenvalue weighted by molar-refractivity contribution is 0.118. The first kappa shape index (κ1) is 15.6. The predicted molar refractivity (Wildman–Crippen MR) is 86.7 cm³/mol. The van der Waals surface area contributed by atoms with Crippen molar-refractivity contribution in [3.8, 4) is 0 Å². The van der Waals surface area contributed by atoms with Crippen molar-refractivity contribution in [3.63, 3.8) is 0 Å². The smallest absolute Gasteiger partial charge is 0.318 e. The second-order valence-corrected chi connectivity index (χ2v) is 6.40. The Bertz CT molecular complexity index is 676. The summed E-state index contributed by atoms with van der Waals surface area (Å²) in [5, 5.41) is 2.98. The summed E-state index contributed by atoms with van der Waals surface area (Å²) in [6.45, 7) is 5.34. The van der Waals surface area contributed by atoms with E-state index >= 15 is 0 Å². The van der Waals surface area contributed by atoms with E-state index in [9.17, 15) is 4.79 Å². The molecule has 0 aromatic carbocycles. The van der Waals surface area contributed by atoms with E-state index in [2.05, 4.69) is 17.2 Å². The summed E-state index contributed by atoms with van der Waals surface area (Å²) in [6.07, 6.45) is 5.56. The molecule has 124 valence electrons. The normalized spacial score (nSPS) is 21.4. The Hall–Kier alpha value is -2.24. The molecular formula is C17H24N4O2. The number of imidazole rings is 1. The lowest BCUT2D eigenvalue weighted by Gasteiger charge is -2.37.